The van der Waals surface area contributed by atoms with Gasteiger partial charge in [-0.1, -0.05) is 29.8 Å². The summed E-state index contributed by atoms with van der Waals surface area (Å²) in [6, 6.07) is 19.9. The first-order valence-electron chi connectivity index (χ1n) is 11.0. The van der Waals surface area contributed by atoms with Crippen molar-refractivity contribution >= 4 is 33.2 Å². The number of nitrogens with zero attached hydrogens (tertiary/aromatic N) is 1. The molecule has 0 aliphatic carbocycles. The lowest BCUT2D eigenvalue weighted by molar-refractivity contribution is -0.121. The van der Waals surface area contributed by atoms with Crippen LogP contribution in [-0.4, -0.2) is 26.3 Å². The Morgan fingerprint density at radius 1 is 0.912 bits per heavy atom. The maximum absolute atomic E-state index is 13.1. The van der Waals surface area contributed by atoms with E-state index in [9.17, 15) is 18.0 Å². The zero-order valence-corrected chi connectivity index (χ0v) is 20.0. The van der Waals surface area contributed by atoms with Crippen LogP contribution in [0.15, 0.2) is 77.7 Å². The van der Waals surface area contributed by atoms with E-state index < -0.39 is 15.9 Å². The molecule has 0 spiro atoms. The second kappa shape index (κ2) is 9.30. The number of anilines is 2. The second-order valence-electron chi connectivity index (χ2n) is 8.53. The third-order valence-electron chi connectivity index (χ3n) is 5.51. The van der Waals surface area contributed by atoms with E-state index in [1.165, 1.54) is 24.3 Å². The third kappa shape index (κ3) is 4.97. The number of sulfonamides is 1. The number of imide groups is 1. The summed E-state index contributed by atoms with van der Waals surface area (Å²) >= 11 is 0. The van der Waals surface area contributed by atoms with Gasteiger partial charge in [-0.2, -0.15) is 0 Å². The molecule has 176 valence electrons. The highest BCUT2D eigenvalue weighted by atomic mass is 32.2. The maximum Gasteiger partial charge on any atom is 0.261 e. The first-order valence-corrected chi connectivity index (χ1v) is 12.5. The molecule has 1 N–H and O–H groups in total. The van der Waals surface area contributed by atoms with Crippen LogP contribution in [0.25, 0.3) is 0 Å². The molecule has 1 aliphatic heterocycles. The van der Waals surface area contributed by atoms with Gasteiger partial charge in [0.15, 0.2) is 0 Å². The molecule has 3 aromatic carbocycles. The third-order valence-corrected chi connectivity index (χ3v) is 6.91. The van der Waals surface area contributed by atoms with E-state index in [-0.39, 0.29) is 29.2 Å². The number of amides is 2. The van der Waals surface area contributed by atoms with Gasteiger partial charge in [0.05, 0.1) is 22.6 Å². The van der Waals surface area contributed by atoms with Gasteiger partial charge < -0.3 is 4.74 Å². The van der Waals surface area contributed by atoms with Crippen molar-refractivity contribution in [3.63, 3.8) is 0 Å². The predicted octanol–water partition coefficient (Wildman–Crippen LogP) is 4.63. The van der Waals surface area contributed by atoms with E-state index in [0.717, 1.165) is 16.0 Å². The molecule has 0 radical (unpaired) electrons. The Bertz CT molecular complexity index is 1300. The smallest absolute Gasteiger partial charge is 0.261 e. The Balaban J connectivity index is 1.48. The molecule has 1 atom stereocenters. The van der Waals surface area contributed by atoms with Crippen molar-refractivity contribution in [2.24, 2.45) is 0 Å². The van der Waals surface area contributed by atoms with Gasteiger partial charge in [-0.3, -0.25) is 19.2 Å². The molecule has 8 heteroatoms. The van der Waals surface area contributed by atoms with Gasteiger partial charge in [0.25, 0.3) is 10.0 Å². The van der Waals surface area contributed by atoms with Crippen LogP contribution in [0.1, 0.15) is 37.3 Å². The van der Waals surface area contributed by atoms with Crippen molar-refractivity contribution in [3.8, 4) is 5.75 Å². The number of ether oxygens (including phenoxy) is 1. The molecule has 1 aliphatic rings. The molecule has 3 aromatic rings. The fourth-order valence-electron chi connectivity index (χ4n) is 3.82. The normalized spacial score (nSPS) is 16.2. The maximum atomic E-state index is 13.1. The van der Waals surface area contributed by atoms with Gasteiger partial charge in [0.2, 0.25) is 11.8 Å². The van der Waals surface area contributed by atoms with Gasteiger partial charge in [-0.15, -0.1) is 0 Å². The van der Waals surface area contributed by atoms with Gasteiger partial charge in [-0.25, -0.2) is 8.42 Å². The number of nitrogens with one attached hydrogen (secondary N) is 1. The van der Waals surface area contributed by atoms with E-state index in [4.69, 9.17) is 4.74 Å². The first-order chi connectivity index (χ1) is 16.1. The Hall–Kier alpha value is -3.65. The van der Waals surface area contributed by atoms with Crippen LogP contribution in [-0.2, 0) is 19.6 Å². The molecule has 34 heavy (non-hydrogen) atoms. The molecule has 1 fully saturated rings. The van der Waals surface area contributed by atoms with Crippen molar-refractivity contribution in [2.75, 3.05) is 9.62 Å². The van der Waals surface area contributed by atoms with Crippen molar-refractivity contribution in [1.82, 2.24) is 0 Å². The molecular weight excluding hydrogens is 452 g/mol. The van der Waals surface area contributed by atoms with Crippen molar-refractivity contribution in [1.29, 1.82) is 0 Å². The Labute approximate surface area is 199 Å². The second-order valence-corrected chi connectivity index (χ2v) is 10.2. The number of rotatable bonds is 7. The van der Waals surface area contributed by atoms with Crippen molar-refractivity contribution in [2.45, 2.75) is 44.1 Å². The molecule has 0 unspecified atom stereocenters. The first kappa shape index (κ1) is 23.5. The highest BCUT2D eigenvalue weighted by Crippen LogP contribution is 2.34. The van der Waals surface area contributed by atoms with E-state index in [1.807, 2.05) is 20.8 Å². The molecule has 0 bridgehead atoms. The number of carbonyl (C=O) groups excluding carboxylic acids is 2. The van der Waals surface area contributed by atoms with E-state index in [2.05, 4.69) is 4.72 Å². The monoisotopic (exact) mass is 478 g/mol. The number of hydrogen-bond acceptors (Lipinski definition) is 5. The van der Waals surface area contributed by atoms with Crippen molar-refractivity contribution in [3.05, 3.63) is 83.9 Å². The van der Waals surface area contributed by atoms with E-state index >= 15 is 0 Å². The van der Waals surface area contributed by atoms with Crippen LogP contribution in [0, 0.1) is 6.92 Å². The summed E-state index contributed by atoms with van der Waals surface area (Å²) in [7, 11) is -3.75. The standard InChI is InChI=1S/C26H26N2O5S/c1-17(2)33-22-12-6-19(7-13-22)24-16-25(29)28(26(24)30)21-10-8-20(9-11-21)27-34(31,32)23-14-4-18(3)5-15-23/h4-15,17,24,27H,16H2,1-3H3/t24-/m0/s1. The predicted molar refractivity (Wildman–Crippen MR) is 130 cm³/mol. The van der Waals surface area contributed by atoms with Gasteiger partial charge in [0, 0.05) is 12.1 Å². The molecule has 0 aromatic heterocycles. The molecule has 1 saturated heterocycles. The Morgan fingerprint density at radius 2 is 1.53 bits per heavy atom. The lowest BCUT2D eigenvalue weighted by Gasteiger charge is -2.16. The summed E-state index contributed by atoms with van der Waals surface area (Å²) < 4.78 is 33.4. The van der Waals surface area contributed by atoms with Gasteiger partial charge in [-0.05, 0) is 74.9 Å². The van der Waals surface area contributed by atoms with Crippen LogP contribution < -0.4 is 14.4 Å². The number of benzene rings is 3. The van der Waals surface area contributed by atoms with Crippen LogP contribution >= 0.6 is 0 Å². The Kier molecular flexibility index (Phi) is 6.43. The largest absolute Gasteiger partial charge is 0.491 e. The minimum atomic E-state index is -3.75. The molecular formula is C26H26N2O5S. The molecule has 1 heterocycles. The average molecular weight is 479 g/mol. The summed E-state index contributed by atoms with van der Waals surface area (Å²) in [5.41, 5.74) is 2.44. The van der Waals surface area contributed by atoms with E-state index in [0.29, 0.717) is 17.1 Å². The fraction of sp³-hybridized carbons (Fsp3) is 0.231. The quantitative estimate of drug-likeness (QED) is 0.500. The number of carbonyl (C=O) groups is 2. The summed E-state index contributed by atoms with van der Waals surface area (Å²) in [5, 5.41) is 0. The minimum Gasteiger partial charge on any atom is -0.491 e. The zero-order valence-electron chi connectivity index (χ0n) is 19.2. The lowest BCUT2D eigenvalue weighted by Crippen LogP contribution is -2.30. The van der Waals surface area contributed by atoms with Gasteiger partial charge in [0.1, 0.15) is 5.75 Å². The molecule has 7 nitrogen and oxygen atoms in total. The zero-order chi connectivity index (χ0) is 24.5. The summed E-state index contributed by atoms with van der Waals surface area (Å²) in [4.78, 5) is 27.1. The van der Waals surface area contributed by atoms with Gasteiger partial charge >= 0.3 is 0 Å². The van der Waals surface area contributed by atoms with Crippen LogP contribution in [0.5, 0.6) is 5.75 Å². The topological polar surface area (TPSA) is 92.8 Å². The van der Waals surface area contributed by atoms with E-state index in [1.54, 1.807) is 48.5 Å². The lowest BCUT2D eigenvalue weighted by atomic mass is 9.97. The summed E-state index contributed by atoms with van der Waals surface area (Å²) in [6.07, 6.45) is 0.116. The SMILES string of the molecule is Cc1ccc(S(=O)(=O)Nc2ccc(N3C(=O)C[C@@H](c4ccc(OC(C)C)cc4)C3=O)cc2)cc1. The number of aryl methyl sites for hydroxylation is 1. The summed E-state index contributed by atoms with van der Waals surface area (Å²) in [6.45, 7) is 5.75. The highest BCUT2D eigenvalue weighted by Gasteiger charge is 2.40. The van der Waals surface area contributed by atoms with Crippen LogP contribution in [0.2, 0.25) is 0 Å². The number of hydrogen-bond donors (Lipinski definition) is 1. The highest BCUT2D eigenvalue weighted by molar-refractivity contribution is 7.92. The van der Waals surface area contributed by atoms with Crippen LogP contribution in [0.4, 0.5) is 11.4 Å². The summed E-state index contributed by atoms with van der Waals surface area (Å²) in [5.74, 6) is -0.475. The molecule has 4 rings (SSSR count). The average Bonchev–Trinajstić information content (AvgIpc) is 3.08. The minimum absolute atomic E-state index is 0.0420. The Morgan fingerprint density at radius 3 is 2.12 bits per heavy atom. The van der Waals surface area contributed by atoms with Crippen LogP contribution in [0.3, 0.4) is 0 Å². The fourth-order valence-corrected chi connectivity index (χ4v) is 4.88. The molecule has 0 saturated carbocycles. The molecule has 2 amide bonds. The van der Waals surface area contributed by atoms with Crippen molar-refractivity contribution < 1.29 is 22.7 Å².